The number of nitrogens with zero attached hydrogens (tertiary/aromatic N) is 2. The van der Waals surface area contributed by atoms with Gasteiger partial charge in [-0.25, -0.2) is 14.0 Å². The molecule has 8 nitrogen and oxygen atoms in total. The number of amides is 1. The van der Waals surface area contributed by atoms with Gasteiger partial charge in [-0.15, -0.1) is 0 Å². The third-order valence-electron chi connectivity index (χ3n) is 3.72. The molecular weight excluding hydrogens is 333 g/mol. The fourth-order valence-corrected chi connectivity index (χ4v) is 2.24. The predicted molar refractivity (Wildman–Crippen MR) is 85.9 cm³/mol. The van der Waals surface area contributed by atoms with Crippen molar-refractivity contribution in [1.82, 2.24) is 14.5 Å². The second kappa shape index (κ2) is 7.12. The van der Waals surface area contributed by atoms with Crippen molar-refractivity contribution >= 4 is 11.9 Å². The maximum absolute atomic E-state index is 12.9. The number of aliphatic carboxylic acids is 1. The molecule has 1 heterocycles. The number of hydrogen-bond acceptors (Lipinski definition) is 4. The van der Waals surface area contributed by atoms with Crippen LogP contribution in [-0.4, -0.2) is 32.2 Å². The van der Waals surface area contributed by atoms with Crippen molar-refractivity contribution in [3.63, 3.8) is 0 Å². The van der Waals surface area contributed by atoms with E-state index >= 15 is 0 Å². The summed E-state index contributed by atoms with van der Waals surface area (Å²) in [6.45, 7) is 0. The minimum absolute atomic E-state index is 0.0832. The highest BCUT2D eigenvalue weighted by Crippen LogP contribution is 2.07. The number of nitrogens with one attached hydrogen (secondary N) is 1. The average Bonchev–Trinajstić information content (AvgIpc) is 2.57. The first-order valence-electron chi connectivity index (χ1n) is 7.26. The van der Waals surface area contributed by atoms with E-state index in [1.165, 1.54) is 38.4 Å². The minimum atomic E-state index is -1.31. The molecule has 0 aliphatic heterocycles. The van der Waals surface area contributed by atoms with Gasteiger partial charge in [-0.3, -0.25) is 18.7 Å². The molecule has 0 saturated carbocycles. The number of rotatable bonds is 5. The molecule has 0 aliphatic rings. The number of carboxylic acid groups (broad SMARTS) is 1. The predicted octanol–water partition coefficient (Wildman–Crippen LogP) is -0.351. The highest BCUT2D eigenvalue weighted by molar-refractivity contribution is 5.95. The number of carbonyl (C=O) groups excluding carboxylic acids is 1. The minimum Gasteiger partial charge on any atom is -0.480 e. The maximum atomic E-state index is 12.9. The second-order valence-electron chi connectivity index (χ2n) is 5.46. The van der Waals surface area contributed by atoms with E-state index in [-0.39, 0.29) is 12.1 Å². The van der Waals surface area contributed by atoms with Crippen molar-refractivity contribution in [2.75, 3.05) is 0 Å². The lowest BCUT2D eigenvalue weighted by Gasteiger charge is -2.16. The number of carboxylic acids is 1. The summed E-state index contributed by atoms with van der Waals surface area (Å²) < 4.78 is 14.7. The Labute approximate surface area is 141 Å². The molecule has 1 atom stereocenters. The van der Waals surface area contributed by atoms with E-state index in [0.717, 1.165) is 15.2 Å². The molecule has 0 aliphatic carbocycles. The molecule has 0 fully saturated rings. The highest BCUT2D eigenvalue weighted by atomic mass is 19.1. The normalized spacial score (nSPS) is 11.8. The fourth-order valence-electron chi connectivity index (χ4n) is 2.24. The van der Waals surface area contributed by atoms with Crippen molar-refractivity contribution in [2.45, 2.75) is 12.5 Å². The second-order valence-corrected chi connectivity index (χ2v) is 5.46. The smallest absolute Gasteiger partial charge is 0.331 e. The lowest BCUT2D eigenvalue weighted by molar-refractivity contribution is -0.139. The van der Waals surface area contributed by atoms with E-state index < -0.39 is 35.0 Å². The molecule has 0 radical (unpaired) electrons. The molecule has 2 aromatic rings. The van der Waals surface area contributed by atoms with Crippen LogP contribution in [0.2, 0.25) is 0 Å². The van der Waals surface area contributed by atoms with Crippen LogP contribution in [0.25, 0.3) is 0 Å². The van der Waals surface area contributed by atoms with E-state index in [1.54, 1.807) is 0 Å². The molecular formula is C16H16FN3O5. The van der Waals surface area contributed by atoms with Crippen LogP contribution in [0.5, 0.6) is 0 Å². The van der Waals surface area contributed by atoms with Crippen LogP contribution >= 0.6 is 0 Å². The van der Waals surface area contributed by atoms with Gasteiger partial charge in [0.25, 0.3) is 11.5 Å². The van der Waals surface area contributed by atoms with E-state index in [0.29, 0.717) is 5.56 Å². The molecule has 1 aromatic carbocycles. The molecule has 2 rings (SSSR count). The summed E-state index contributed by atoms with van der Waals surface area (Å²) >= 11 is 0. The first-order chi connectivity index (χ1) is 11.7. The summed E-state index contributed by atoms with van der Waals surface area (Å²) in [5.41, 5.74) is -1.13. The summed E-state index contributed by atoms with van der Waals surface area (Å²) in [5.74, 6) is -2.63. The number of hydrogen-bond donors (Lipinski definition) is 2. The van der Waals surface area contributed by atoms with Crippen LogP contribution in [0.4, 0.5) is 4.39 Å². The standard InChI is InChI=1S/C16H16FN3O5/c1-19-12(8-13(21)20(2)16(19)25)14(22)18-11(15(23)24)7-9-3-5-10(17)6-4-9/h3-6,8,11H,7H2,1-2H3,(H,18,22)(H,23,24)/t11-/m1/s1. The first-order valence-corrected chi connectivity index (χ1v) is 7.26. The fraction of sp³-hybridized carbons (Fsp3) is 0.250. The molecule has 9 heteroatoms. The van der Waals surface area contributed by atoms with Gasteiger partial charge in [0.1, 0.15) is 17.6 Å². The number of carbonyl (C=O) groups is 2. The summed E-state index contributed by atoms with van der Waals surface area (Å²) in [4.78, 5) is 47.2. The zero-order chi connectivity index (χ0) is 18.7. The van der Waals surface area contributed by atoms with E-state index in [4.69, 9.17) is 0 Å². The van der Waals surface area contributed by atoms with Gasteiger partial charge < -0.3 is 10.4 Å². The highest BCUT2D eigenvalue weighted by Gasteiger charge is 2.23. The van der Waals surface area contributed by atoms with Crippen molar-refractivity contribution in [1.29, 1.82) is 0 Å². The van der Waals surface area contributed by atoms with Crippen LogP contribution < -0.4 is 16.6 Å². The van der Waals surface area contributed by atoms with Gasteiger partial charge in [0.2, 0.25) is 0 Å². The molecule has 0 bridgehead atoms. The van der Waals surface area contributed by atoms with Crippen molar-refractivity contribution in [2.24, 2.45) is 14.1 Å². The maximum Gasteiger partial charge on any atom is 0.331 e. The van der Waals surface area contributed by atoms with E-state index in [2.05, 4.69) is 5.32 Å². The quantitative estimate of drug-likeness (QED) is 0.767. The molecule has 0 saturated heterocycles. The molecule has 25 heavy (non-hydrogen) atoms. The van der Waals surface area contributed by atoms with E-state index in [1.807, 2.05) is 0 Å². The van der Waals surface area contributed by atoms with Crippen LogP contribution in [0.15, 0.2) is 39.9 Å². The van der Waals surface area contributed by atoms with Gasteiger partial charge in [0.15, 0.2) is 0 Å². The Hall–Kier alpha value is -3.23. The molecule has 132 valence electrons. The third kappa shape index (κ3) is 4.00. The van der Waals surface area contributed by atoms with E-state index in [9.17, 15) is 28.7 Å². The number of benzene rings is 1. The Balaban J connectivity index is 2.27. The van der Waals surface area contributed by atoms with Gasteiger partial charge in [0.05, 0.1) is 0 Å². The van der Waals surface area contributed by atoms with Crippen LogP contribution in [0, 0.1) is 5.82 Å². The molecule has 0 unspecified atom stereocenters. The van der Waals surface area contributed by atoms with Gasteiger partial charge in [0, 0.05) is 26.6 Å². The topological polar surface area (TPSA) is 110 Å². The van der Waals surface area contributed by atoms with Gasteiger partial charge in [-0.1, -0.05) is 12.1 Å². The zero-order valence-corrected chi connectivity index (χ0v) is 13.5. The molecule has 2 N–H and O–H groups in total. The van der Waals surface area contributed by atoms with Crippen LogP contribution in [0.3, 0.4) is 0 Å². The SMILES string of the molecule is Cn1c(C(=O)N[C@H](Cc2ccc(F)cc2)C(=O)O)cc(=O)n(C)c1=O. The Bertz CT molecular complexity index is 930. The molecule has 0 spiro atoms. The summed E-state index contributed by atoms with van der Waals surface area (Å²) in [5, 5.41) is 11.6. The Morgan fingerprint density at radius 1 is 1.16 bits per heavy atom. The van der Waals surface area contributed by atoms with Gasteiger partial charge in [-0.05, 0) is 17.7 Å². The third-order valence-corrected chi connectivity index (χ3v) is 3.72. The van der Waals surface area contributed by atoms with Gasteiger partial charge in [-0.2, -0.15) is 0 Å². The first kappa shape index (κ1) is 18.1. The average molecular weight is 349 g/mol. The van der Waals surface area contributed by atoms with Crippen molar-refractivity contribution < 1.29 is 19.1 Å². The summed E-state index contributed by atoms with van der Waals surface area (Å²) in [6.07, 6.45) is -0.0832. The van der Waals surface area contributed by atoms with Gasteiger partial charge >= 0.3 is 11.7 Å². The Kier molecular flexibility index (Phi) is 5.16. The largest absolute Gasteiger partial charge is 0.480 e. The number of aromatic nitrogens is 2. The van der Waals surface area contributed by atoms with Crippen molar-refractivity contribution in [3.05, 3.63) is 68.2 Å². The van der Waals surface area contributed by atoms with Crippen LogP contribution in [-0.2, 0) is 25.3 Å². The molecule has 1 amide bonds. The summed E-state index contributed by atoms with van der Waals surface area (Å²) in [6, 6.07) is 4.82. The lowest BCUT2D eigenvalue weighted by atomic mass is 10.1. The Morgan fingerprint density at radius 2 is 1.76 bits per heavy atom. The zero-order valence-electron chi connectivity index (χ0n) is 13.5. The Morgan fingerprint density at radius 3 is 2.32 bits per heavy atom. The lowest BCUT2D eigenvalue weighted by Crippen LogP contribution is -2.46. The summed E-state index contributed by atoms with van der Waals surface area (Å²) in [7, 11) is 2.56. The van der Waals surface area contributed by atoms with Crippen LogP contribution in [0.1, 0.15) is 16.1 Å². The molecule has 1 aromatic heterocycles. The number of halogens is 1. The van der Waals surface area contributed by atoms with Crippen molar-refractivity contribution in [3.8, 4) is 0 Å². The monoisotopic (exact) mass is 349 g/mol.